The zero-order chi connectivity index (χ0) is 17.5. The Morgan fingerprint density at radius 3 is 2.62 bits per heavy atom. The van der Waals surface area contributed by atoms with Crippen LogP contribution in [0.3, 0.4) is 0 Å². The van der Waals surface area contributed by atoms with Crippen LogP contribution in [0.4, 0.5) is 4.79 Å². The van der Waals surface area contributed by atoms with Crippen LogP contribution in [0.2, 0.25) is 0 Å². The molecule has 3 N–H and O–H groups in total. The van der Waals surface area contributed by atoms with E-state index in [2.05, 4.69) is 31.3 Å². The van der Waals surface area contributed by atoms with Crippen LogP contribution >= 0.6 is 0 Å². The van der Waals surface area contributed by atoms with Gasteiger partial charge < -0.3 is 16.0 Å². The summed E-state index contributed by atoms with van der Waals surface area (Å²) in [5.41, 5.74) is 6.63. The van der Waals surface area contributed by atoms with Gasteiger partial charge in [0.15, 0.2) is 0 Å². The Morgan fingerprint density at radius 2 is 2.00 bits per heavy atom. The number of hydrogen-bond acceptors (Lipinski definition) is 2. The number of amides is 3. The summed E-state index contributed by atoms with van der Waals surface area (Å²) in [7, 11) is 0. The van der Waals surface area contributed by atoms with E-state index in [1.807, 2.05) is 18.2 Å². The zero-order valence-corrected chi connectivity index (χ0v) is 14.7. The van der Waals surface area contributed by atoms with E-state index in [0.29, 0.717) is 31.5 Å². The topological polar surface area (TPSA) is 75.4 Å². The van der Waals surface area contributed by atoms with Crippen LogP contribution in [0, 0.1) is 17.8 Å². The number of carbonyl (C=O) groups is 2. The Hall–Kier alpha value is -2.04. The van der Waals surface area contributed by atoms with E-state index < -0.39 is 6.03 Å². The van der Waals surface area contributed by atoms with Crippen LogP contribution in [0.1, 0.15) is 32.3 Å². The van der Waals surface area contributed by atoms with Crippen molar-refractivity contribution in [2.75, 3.05) is 19.6 Å². The SMILES string of the molecule is CC(C)[C@H](CNC(=O)[C@@H]1CCCN(C(N)=O)C1)Cc1ccccc1. The van der Waals surface area contributed by atoms with Crippen molar-refractivity contribution in [1.82, 2.24) is 10.2 Å². The second kappa shape index (κ2) is 8.71. The molecule has 1 fully saturated rings. The Balaban J connectivity index is 1.87. The van der Waals surface area contributed by atoms with Crippen molar-refractivity contribution in [3.63, 3.8) is 0 Å². The predicted molar refractivity (Wildman–Crippen MR) is 95.4 cm³/mol. The van der Waals surface area contributed by atoms with Gasteiger partial charge in [0.25, 0.3) is 0 Å². The Morgan fingerprint density at radius 1 is 1.29 bits per heavy atom. The van der Waals surface area contributed by atoms with Gasteiger partial charge in [-0.2, -0.15) is 0 Å². The van der Waals surface area contributed by atoms with Crippen molar-refractivity contribution in [2.24, 2.45) is 23.5 Å². The van der Waals surface area contributed by atoms with Crippen molar-refractivity contribution in [2.45, 2.75) is 33.1 Å². The van der Waals surface area contributed by atoms with E-state index in [1.165, 1.54) is 5.56 Å². The van der Waals surface area contributed by atoms with Gasteiger partial charge >= 0.3 is 6.03 Å². The van der Waals surface area contributed by atoms with Gasteiger partial charge in [0.2, 0.25) is 5.91 Å². The lowest BCUT2D eigenvalue weighted by Crippen LogP contribution is -2.48. The van der Waals surface area contributed by atoms with Crippen LogP contribution in [0.5, 0.6) is 0 Å². The fourth-order valence-corrected chi connectivity index (χ4v) is 3.23. The summed E-state index contributed by atoms with van der Waals surface area (Å²) in [6.07, 6.45) is 2.61. The van der Waals surface area contributed by atoms with Gasteiger partial charge in [-0.3, -0.25) is 4.79 Å². The first-order chi connectivity index (χ1) is 11.5. The molecule has 0 aliphatic carbocycles. The monoisotopic (exact) mass is 331 g/mol. The first kappa shape index (κ1) is 18.3. The summed E-state index contributed by atoms with van der Waals surface area (Å²) >= 11 is 0. The van der Waals surface area contributed by atoms with Gasteiger partial charge in [-0.15, -0.1) is 0 Å². The molecule has 0 spiro atoms. The molecule has 0 radical (unpaired) electrons. The summed E-state index contributed by atoms with van der Waals surface area (Å²) < 4.78 is 0. The van der Waals surface area contributed by atoms with E-state index in [-0.39, 0.29) is 11.8 Å². The summed E-state index contributed by atoms with van der Waals surface area (Å²) in [6, 6.07) is 9.93. The van der Waals surface area contributed by atoms with E-state index in [9.17, 15) is 9.59 Å². The number of rotatable bonds is 6. The average molecular weight is 331 g/mol. The standard InChI is InChI=1S/C19H29N3O2/c1-14(2)17(11-15-7-4-3-5-8-15)12-21-18(23)16-9-6-10-22(13-16)19(20)24/h3-5,7-8,14,16-17H,6,9-13H2,1-2H3,(H2,20,24)(H,21,23)/t16-,17+/m1/s1. The number of nitrogens with one attached hydrogen (secondary N) is 1. The first-order valence-corrected chi connectivity index (χ1v) is 8.83. The maximum atomic E-state index is 12.5. The van der Waals surface area contributed by atoms with Gasteiger partial charge in [0.1, 0.15) is 0 Å². The minimum absolute atomic E-state index is 0.0414. The molecule has 24 heavy (non-hydrogen) atoms. The van der Waals surface area contributed by atoms with Crippen molar-refractivity contribution < 1.29 is 9.59 Å². The second-order valence-corrected chi connectivity index (χ2v) is 7.06. The number of likely N-dealkylation sites (tertiary alicyclic amines) is 1. The van der Waals surface area contributed by atoms with Gasteiger partial charge in [0, 0.05) is 19.6 Å². The second-order valence-electron chi connectivity index (χ2n) is 7.06. The molecule has 1 aromatic rings. The van der Waals surface area contributed by atoms with Crippen LogP contribution in [-0.2, 0) is 11.2 Å². The number of primary amides is 1. The van der Waals surface area contributed by atoms with E-state index >= 15 is 0 Å². The Kier molecular flexibility index (Phi) is 6.64. The molecule has 0 bridgehead atoms. The van der Waals surface area contributed by atoms with E-state index in [1.54, 1.807) is 4.90 Å². The highest BCUT2D eigenvalue weighted by Gasteiger charge is 2.28. The van der Waals surface area contributed by atoms with Crippen molar-refractivity contribution in [3.05, 3.63) is 35.9 Å². The highest BCUT2D eigenvalue weighted by molar-refractivity contribution is 5.80. The first-order valence-electron chi connectivity index (χ1n) is 8.83. The van der Waals surface area contributed by atoms with Crippen molar-refractivity contribution in [3.8, 4) is 0 Å². The van der Waals surface area contributed by atoms with Crippen molar-refractivity contribution >= 4 is 11.9 Å². The summed E-state index contributed by atoms with van der Waals surface area (Å²) in [5, 5.41) is 3.10. The maximum absolute atomic E-state index is 12.5. The van der Waals surface area contributed by atoms with E-state index in [0.717, 1.165) is 19.3 Å². The van der Waals surface area contributed by atoms with Crippen LogP contribution < -0.4 is 11.1 Å². The molecule has 1 aliphatic rings. The number of nitrogens with zero attached hydrogens (tertiary/aromatic N) is 1. The highest BCUT2D eigenvalue weighted by atomic mass is 16.2. The molecule has 0 unspecified atom stereocenters. The molecule has 0 saturated carbocycles. The van der Waals surface area contributed by atoms with Crippen LogP contribution in [0.15, 0.2) is 30.3 Å². The molecule has 1 aliphatic heterocycles. The molecule has 2 rings (SSSR count). The lowest BCUT2D eigenvalue weighted by Gasteiger charge is -2.31. The van der Waals surface area contributed by atoms with Gasteiger partial charge in [-0.25, -0.2) is 4.79 Å². The molecule has 1 aromatic carbocycles. The third-order valence-electron chi connectivity index (χ3n) is 4.93. The molecule has 5 nitrogen and oxygen atoms in total. The fourth-order valence-electron chi connectivity index (χ4n) is 3.23. The van der Waals surface area contributed by atoms with E-state index in [4.69, 9.17) is 5.73 Å². The lowest BCUT2D eigenvalue weighted by molar-refractivity contribution is -0.126. The molecule has 1 saturated heterocycles. The normalized spacial score (nSPS) is 19.1. The average Bonchev–Trinajstić information content (AvgIpc) is 2.59. The van der Waals surface area contributed by atoms with Gasteiger partial charge in [-0.05, 0) is 36.7 Å². The molecule has 0 aromatic heterocycles. The summed E-state index contributed by atoms with van der Waals surface area (Å²) in [5.74, 6) is 0.779. The molecule has 5 heteroatoms. The number of hydrogen-bond donors (Lipinski definition) is 2. The smallest absolute Gasteiger partial charge is 0.314 e. The molecule has 3 amide bonds. The van der Waals surface area contributed by atoms with Gasteiger partial charge in [0.05, 0.1) is 5.92 Å². The highest BCUT2D eigenvalue weighted by Crippen LogP contribution is 2.19. The largest absolute Gasteiger partial charge is 0.356 e. The summed E-state index contributed by atoms with van der Waals surface area (Å²) in [4.78, 5) is 25.3. The molecule has 2 atom stereocenters. The predicted octanol–water partition coefficient (Wildman–Crippen LogP) is 2.41. The van der Waals surface area contributed by atoms with Crippen LogP contribution in [0.25, 0.3) is 0 Å². The molecule has 1 heterocycles. The number of carbonyl (C=O) groups excluding carboxylic acids is 2. The maximum Gasteiger partial charge on any atom is 0.314 e. The number of benzene rings is 1. The molecular formula is C19H29N3O2. The van der Waals surface area contributed by atoms with Crippen LogP contribution in [-0.4, -0.2) is 36.5 Å². The summed E-state index contributed by atoms with van der Waals surface area (Å²) in [6.45, 7) is 6.14. The molecular weight excluding hydrogens is 302 g/mol. The Bertz CT molecular complexity index is 545. The third-order valence-corrected chi connectivity index (χ3v) is 4.93. The number of piperidine rings is 1. The third kappa shape index (κ3) is 5.25. The minimum atomic E-state index is -0.434. The fraction of sp³-hybridized carbons (Fsp3) is 0.579. The quantitative estimate of drug-likeness (QED) is 0.840. The lowest BCUT2D eigenvalue weighted by atomic mass is 9.88. The minimum Gasteiger partial charge on any atom is -0.356 e. The number of urea groups is 1. The Labute approximate surface area is 144 Å². The molecule has 132 valence electrons. The number of nitrogens with two attached hydrogens (primary N) is 1. The van der Waals surface area contributed by atoms with Gasteiger partial charge in [-0.1, -0.05) is 44.2 Å². The zero-order valence-electron chi connectivity index (χ0n) is 14.7. The van der Waals surface area contributed by atoms with Crippen molar-refractivity contribution in [1.29, 1.82) is 0 Å².